The molecule has 0 aromatic rings. The van der Waals surface area contributed by atoms with Gasteiger partial charge in [-0.1, -0.05) is 25.2 Å². The van der Waals surface area contributed by atoms with E-state index >= 15 is 0 Å². The summed E-state index contributed by atoms with van der Waals surface area (Å²) in [5, 5.41) is 0. The average Bonchev–Trinajstić information content (AvgIpc) is 2.31. The summed E-state index contributed by atoms with van der Waals surface area (Å²) in [5.74, 6) is 0.667. The van der Waals surface area contributed by atoms with E-state index in [0.29, 0.717) is 5.92 Å². The van der Waals surface area contributed by atoms with Gasteiger partial charge in [0, 0.05) is 12.3 Å². The van der Waals surface area contributed by atoms with Crippen molar-refractivity contribution in [2.75, 3.05) is 6.54 Å². The summed E-state index contributed by atoms with van der Waals surface area (Å²) in [6, 6.07) is 0. The Labute approximate surface area is 67.5 Å². The van der Waals surface area contributed by atoms with Crippen LogP contribution in [0.1, 0.15) is 19.8 Å². The number of allylic oxidation sites excluding steroid dienone is 3. The molecule has 1 heteroatoms. The largest absolute Gasteiger partial charge is 0.289 e. The second-order valence-corrected chi connectivity index (χ2v) is 3.34. The first-order valence-corrected chi connectivity index (χ1v) is 4.27. The molecule has 0 spiro atoms. The molecular formula is C10H13N. The minimum absolute atomic E-state index is 0.667. The van der Waals surface area contributed by atoms with E-state index in [1.165, 1.54) is 11.3 Å². The lowest BCUT2D eigenvalue weighted by molar-refractivity contribution is 0.771. The van der Waals surface area contributed by atoms with Gasteiger partial charge >= 0.3 is 0 Å². The Morgan fingerprint density at radius 2 is 2.45 bits per heavy atom. The fourth-order valence-electron chi connectivity index (χ4n) is 1.67. The Morgan fingerprint density at radius 3 is 3.36 bits per heavy atom. The highest BCUT2D eigenvalue weighted by atomic mass is 14.8. The van der Waals surface area contributed by atoms with Gasteiger partial charge in [0.2, 0.25) is 0 Å². The standard InChI is InChI=1S/C10H13N/c1-8-3-2-4-9-5-6-11-10(9)7-8/h2-4,8H,5-7H2,1H3. The Bertz CT molecular complexity index is 246. The third-order valence-corrected chi connectivity index (χ3v) is 2.31. The molecule has 0 bridgehead atoms. The molecular weight excluding hydrogens is 134 g/mol. The summed E-state index contributed by atoms with van der Waals surface area (Å²) in [6.45, 7) is 3.26. The first kappa shape index (κ1) is 6.84. The summed E-state index contributed by atoms with van der Waals surface area (Å²) in [6.07, 6.45) is 8.95. The highest BCUT2D eigenvalue weighted by molar-refractivity contribution is 6.02. The summed E-state index contributed by atoms with van der Waals surface area (Å²) < 4.78 is 0. The van der Waals surface area contributed by atoms with E-state index in [1.807, 2.05) is 0 Å². The normalized spacial score (nSPS) is 29.0. The van der Waals surface area contributed by atoms with Gasteiger partial charge < -0.3 is 0 Å². The number of fused-ring (bicyclic) bond motifs is 1. The van der Waals surface area contributed by atoms with Crippen molar-refractivity contribution >= 4 is 5.71 Å². The molecule has 2 aliphatic rings. The predicted molar refractivity (Wildman–Crippen MR) is 47.9 cm³/mol. The summed E-state index contributed by atoms with van der Waals surface area (Å²) >= 11 is 0. The molecule has 1 unspecified atom stereocenters. The summed E-state index contributed by atoms with van der Waals surface area (Å²) in [4.78, 5) is 4.48. The molecule has 0 saturated carbocycles. The van der Waals surface area contributed by atoms with Crippen LogP contribution in [0.3, 0.4) is 0 Å². The van der Waals surface area contributed by atoms with Gasteiger partial charge in [-0.05, 0) is 24.3 Å². The van der Waals surface area contributed by atoms with E-state index in [1.54, 1.807) is 0 Å². The highest BCUT2D eigenvalue weighted by Gasteiger charge is 2.15. The van der Waals surface area contributed by atoms with Gasteiger partial charge in [0.05, 0.1) is 0 Å². The van der Waals surface area contributed by atoms with Crippen LogP contribution in [0.5, 0.6) is 0 Å². The molecule has 1 aliphatic carbocycles. The average molecular weight is 147 g/mol. The molecule has 0 radical (unpaired) electrons. The monoisotopic (exact) mass is 147 g/mol. The van der Waals surface area contributed by atoms with Crippen molar-refractivity contribution in [3.63, 3.8) is 0 Å². The molecule has 0 fully saturated rings. The Balaban J connectivity index is 2.27. The van der Waals surface area contributed by atoms with E-state index in [2.05, 4.69) is 30.1 Å². The fourth-order valence-corrected chi connectivity index (χ4v) is 1.67. The minimum Gasteiger partial charge on any atom is -0.289 e. The van der Waals surface area contributed by atoms with Crippen LogP contribution in [0.2, 0.25) is 0 Å². The molecule has 0 saturated heterocycles. The maximum atomic E-state index is 4.48. The second kappa shape index (κ2) is 2.65. The molecule has 1 atom stereocenters. The Morgan fingerprint density at radius 1 is 1.55 bits per heavy atom. The molecule has 11 heavy (non-hydrogen) atoms. The molecule has 0 N–H and O–H groups in total. The zero-order valence-electron chi connectivity index (χ0n) is 6.88. The van der Waals surface area contributed by atoms with Gasteiger partial charge in [-0.15, -0.1) is 0 Å². The van der Waals surface area contributed by atoms with Gasteiger partial charge in [-0.3, -0.25) is 4.99 Å². The van der Waals surface area contributed by atoms with Gasteiger partial charge in [0.1, 0.15) is 0 Å². The molecule has 58 valence electrons. The highest BCUT2D eigenvalue weighted by Crippen LogP contribution is 2.22. The Hall–Kier alpha value is -0.850. The topological polar surface area (TPSA) is 12.4 Å². The van der Waals surface area contributed by atoms with Crippen LogP contribution in [-0.2, 0) is 0 Å². The van der Waals surface area contributed by atoms with Crippen molar-refractivity contribution in [3.05, 3.63) is 23.8 Å². The third kappa shape index (κ3) is 1.28. The molecule has 1 nitrogen and oxygen atoms in total. The number of hydrogen-bond donors (Lipinski definition) is 0. The van der Waals surface area contributed by atoms with E-state index in [-0.39, 0.29) is 0 Å². The molecule has 0 amide bonds. The van der Waals surface area contributed by atoms with Crippen molar-refractivity contribution in [3.8, 4) is 0 Å². The van der Waals surface area contributed by atoms with Gasteiger partial charge in [0.15, 0.2) is 0 Å². The van der Waals surface area contributed by atoms with E-state index in [0.717, 1.165) is 19.4 Å². The minimum atomic E-state index is 0.667. The smallest absolute Gasteiger partial charge is 0.0433 e. The lowest BCUT2D eigenvalue weighted by Crippen LogP contribution is -2.01. The maximum Gasteiger partial charge on any atom is 0.0433 e. The zero-order chi connectivity index (χ0) is 7.68. The summed E-state index contributed by atoms with van der Waals surface area (Å²) in [5.41, 5.74) is 2.81. The van der Waals surface area contributed by atoms with Crippen molar-refractivity contribution in [2.45, 2.75) is 19.8 Å². The zero-order valence-corrected chi connectivity index (χ0v) is 6.88. The van der Waals surface area contributed by atoms with Crippen LogP contribution in [-0.4, -0.2) is 12.3 Å². The van der Waals surface area contributed by atoms with Crippen LogP contribution in [0, 0.1) is 5.92 Å². The lowest BCUT2D eigenvalue weighted by atomic mass is 10.0. The van der Waals surface area contributed by atoms with Crippen LogP contribution in [0.4, 0.5) is 0 Å². The van der Waals surface area contributed by atoms with Crippen LogP contribution in [0.15, 0.2) is 28.8 Å². The molecule has 1 aliphatic heterocycles. The van der Waals surface area contributed by atoms with Gasteiger partial charge in [-0.2, -0.15) is 0 Å². The molecule has 0 aromatic carbocycles. The number of nitrogens with zero attached hydrogens (tertiary/aromatic N) is 1. The number of rotatable bonds is 0. The SMILES string of the molecule is CC1C=CC=C2CCN=C2C1. The summed E-state index contributed by atoms with van der Waals surface area (Å²) in [7, 11) is 0. The first-order chi connectivity index (χ1) is 5.36. The number of aliphatic imine (C=N–C) groups is 1. The lowest BCUT2D eigenvalue weighted by Gasteiger charge is -2.03. The van der Waals surface area contributed by atoms with Crippen molar-refractivity contribution in [1.82, 2.24) is 0 Å². The molecule has 1 heterocycles. The quantitative estimate of drug-likeness (QED) is 0.498. The number of hydrogen-bond acceptors (Lipinski definition) is 1. The maximum absolute atomic E-state index is 4.48. The first-order valence-electron chi connectivity index (χ1n) is 4.27. The molecule has 0 aromatic heterocycles. The van der Waals surface area contributed by atoms with E-state index < -0.39 is 0 Å². The predicted octanol–water partition coefficient (Wildman–Crippen LogP) is 2.35. The Kier molecular flexibility index (Phi) is 1.65. The van der Waals surface area contributed by atoms with E-state index in [9.17, 15) is 0 Å². The molecule has 2 rings (SSSR count). The van der Waals surface area contributed by atoms with Crippen LogP contribution in [0.25, 0.3) is 0 Å². The third-order valence-electron chi connectivity index (χ3n) is 2.31. The van der Waals surface area contributed by atoms with Crippen molar-refractivity contribution in [2.24, 2.45) is 10.9 Å². The van der Waals surface area contributed by atoms with Gasteiger partial charge in [0.25, 0.3) is 0 Å². The van der Waals surface area contributed by atoms with E-state index in [4.69, 9.17) is 0 Å². The van der Waals surface area contributed by atoms with Gasteiger partial charge in [-0.25, -0.2) is 0 Å². The fraction of sp³-hybridized carbons (Fsp3) is 0.500. The van der Waals surface area contributed by atoms with Crippen molar-refractivity contribution in [1.29, 1.82) is 0 Å². The van der Waals surface area contributed by atoms with Crippen LogP contribution >= 0.6 is 0 Å². The van der Waals surface area contributed by atoms with Crippen molar-refractivity contribution < 1.29 is 0 Å². The van der Waals surface area contributed by atoms with Crippen LogP contribution < -0.4 is 0 Å². The second-order valence-electron chi connectivity index (χ2n) is 3.34.